The Morgan fingerprint density at radius 3 is 2.56 bits per heavy atom. The Bertz CT molecular complexity index is 539. The van der Waals surface area contributed by atoms with E-state index in [0.717, 1.165) is 17.5 Å². The van der Waals surface area contributed by atoms with Crippen molar-refractivity contribution in [3.05, 3.63) is 35.4 Å². The molecular formula is C11H13F3N4. The van der Waals surface area contributed by atoms with Gasteiger partial charge >= 0.3 is 6.18 Å². The second kappa shape index (κ2) is 4.47. The molecule has 0 fully saturated rings. The summed E-state index contributed by atoms with van der Waals surface area (Å²) < 4.78 is 40.2. The molecule has 0 saturated carbocycles. The molecule has 0 aliphatic rings. The van der Waals surface area contributed by atoms with Gasteiger partial charge in [-0.3, -0.25) is 9.36 Å². The Balaban J connectivity index is 2.21. The first-order valence-electron chi connectivity index (χ1n) is 5.54. The van der Waals surface area contributed by atoms with Gasteiger partial charge in [0.2, 0.25) is 0 Å². The third-order valence-electron chi connectivity index (χ3n) is 2.54. The normalized spacial score (nSPS) is 12.1. The summed E-state index contributed by atoms with van der Waals surface area (Å²) in [5.41, 5.74) is 0.809. The maximum absolute atomic E-state index is 12.4. The third kappa shape index (κ3) is 2.55. The highest BCUT2D eigenvalue weighted by atomic mass is 19.4. The quantitative estimate of drug-likeness (QED) is 0.847. The summed E-state index contributed by atoms with van der Waals surface area (Å²) >= 11 is 0. The lowest BCUT2D eigenvalue weighted by Crippen LogP contribution is -2.11. The standard InChI is InChI=1S/C11H13F3N4/c1-3-18-9(6-8(2)15-18)7-17-5-4-10(16-17)11(12,13)14/h4-6H,3,7H2,1-2H3. The molecule has 18 heavy (non-hydrogen) atoms. The van der Waals surface area contributed by atoms with Crippen LogP contribution in [0.5, 0.6) is 0 Å². The van der Waals surface area contributed by atoms with E-state index in [1.54, 1.807) is 4.68 Å². The maximum atomic E-state index is 12.4. The van der Waals surface area contributed by atoms with Gasteiger partial charge in [0, 0.05) is 12.7 Å². The highest BCUT2D eigenvalue weighted by Gasteiger charge is 2.33. The van der Waals surface area contributed by atoms with Gasteiger partial charge in [0.15, 0.2) is 5.69 Å². The molecule has 2 aromatic rings. The van der Waals surface area contributed by atoms with Crippen molar-refractivity contribution in [2.75, 3.05) is 0 Å². The van der Waals surface area contributed by atoms with Crippen molar-refractivity contribution in [3.63, 3.8) is 0 Å². The molecule has 0 amide bonds. The van der Waals surface area contributed by atoms with E-state index in [4.69, 9.17) is 0 Å². The predicted octanol–water partition coefficient (Wildman–Crippen LogP) is 2.48. The first-order chi connectivity index (χ1) is 8.40. The molecule has 98 valence electrons. The van der Waals surface area contributed by atoms with Gasteiger partial charge in [-0.15, -0.1) is 0 Å². The van der Waals surface area contributed by atoms with Gasteiger partial charge in [-0.05, 0) is 26.0 Å². The van der Waals surface area contributed by atoms with Gasteiger partial charge in [-0.2, -0.15) is 23.4 Å². The summed E-state index contributed by atoms with van der Waals surface area (Å²) in [6.07, 6.45) is -3.07. The third-order valence-corrected chi connectivity index (χ3v) is 2.54. The summed E-state index contributed by atoms with van der Waals surface area (Å²) in [5, 5.41) is 7.75. The molecule has 0 bridgehead atoms. The molecule has 0 aliphatic carbocycles. The van der Waals surface area contributed by atoms with E-state index >= 15 is 0 Å². The van der Waals surface area contributed by atoms with Crippen molar-refractivity contribution >= 4 is 0 Å². The number of halogens is 3. The van der Waals surface area contributed by atoms with Gasteiger partial charge in [0.25, 0.3) is 0 Å². The second-order valence-corrected chi connectivity index (χ2v) is 3.99. The lowest BCUT2D eigenvalue weighted by atomic mass is 10.3. The van der Waals surface area contributed by atoms with Crippen LogP contribution in [-0.4, -0.2) is 19.6 Å². The summed E-state index contributed by atoms with van der Waals surface area (Å²) in [5.74, 6) is 0. The van der Waals surface area contributed by atoms with Crippen molar-refractivity contribution in [2.24, 2.45) is 0 Å². The molecule has 2 rings (SSSR count). The van der Waals surface area contributed by atoms with Gasteiger partial charge in [-0.25, -0.2) is 0 Å². The largest absolute Gasteiger partial charge is 0.435 e. The molecule has 0 N–H and O–H groups in total. The topological polar surface area (TPSA) is 35.6 Å². The van der Waals surface area contributed by atoms with Crippen LogP contribution in [0.25, 0.3) is 0 Å². The summed E-state index contributed by atoms with van der Waals surface area (Å²) in [6, 6.07) is 2.82. The fourth-order valence-corrected chi connectivity index (χ4v) is 1.77. The molecule has 0 atom stereocenters. The highest BCUT2D eigenvalue weighted by Crippen LogP contribution is 2.27. The molecule has 7 heteroatoms. The van der Waals surface area contributed by atoms with Crippen LogP contribution in [0.15, 0.2) is 18.3 Å². The summed E-state index contributed by atoms with van der Waals surface area (Å²) in [7, 11) is 0. The maximum Gasteiger partial charge on any atom is 0.435 e. The Morgan fingerprint density at radius 2 is 2.00 bits per heavy atom. The average molecular weight is 258 g/mol. The van der Waals surface area contributed by atoms with Crippen molar-refractivity contribution in [3.8, 4) is 0 Å². The zero-order chi connectivity index (χ0) is 13.3. The smallest absolute Gasteiger partial charge is 0.268 e. The minimum absolute atomic E-state index is 0.282. The number of hydrogen-bond donors (Lipinski definition) is 0. The Labute approximate surface area is 102 Å². The zero-order valence-corrected chi connectivity index (χ0v) is 10.1. The number of nitrogens with zero attached hydrogens (tertiary/aromatic N) is 4. The number of hydrogen-bond acceptors (Lipinski definition) is 2. The van der Waals surface area contributed by atoms with Crippen LogP contribution in [0.4, 0.5) is 13.2 Å². The van der Waals surface area contributed by atoms with E-state index < -0.39 is 11.9 Å². The van der Waals surface area contributed by atoms with Crippen LogP contribution in [0.3, 0.4) is 0 Å². The van der Waals surface area contributed by atoms with E-state index in [9.17, 15) is 13.2 Å². The van der Waals surface area contributed by atoms with Crippen molar-refractivity contribution in [2.45, 2.75) is 33.1 Å². The van der Waals surface area contributed by atoms with Gasteiger partial charge in [0.1, 0.15) is 0 Å². The molecular weight excluding hydrogens is 245 g/mol. The Hall–Kier alpha value is -1.79. The molecule has 0 spiro atoms. The predicted molar refractivity (Wildman–Crippen MR) is 59.0 cm³/mol. The highest BCUT2D eigenvalue weighted by molar-refractivity contribution is 5.10. The van der Waals surface area contributed by atoms with E-state index in [1.807, 2.05) is 19.9 Å². The van der Waals surface area contributed by atoms with Crippen LogP contribution in [0.2, 0.25) is 0 Å². The molecule has 4 nitrogen and oxygen atoms in total. The van der Waals surface area contributed by atoms with Crippen LogP contribution in [0.1, 0.15) is 24.0 Å². The van der Waals surface area contributed by atoms with Crippen LogP contribution in [0, 0.1) is 6.92 Å². The summed E-state index contributed by atoms with van der Waals surface area (Å²) in [6.45, 7) is 4.74. The van der Waals surface area contributed by atoms with Crippen molar-refractivity contribution in [1.82, 2.24) is 19.6 Å². The monoisotopic (exact) mass is 258 g/mol. The van der Waals surface area contributed by atoms with Gasteiger partial charge in [-0.1, -0.05) is 0 Å². The number of rotatable bonds is 3. The second-order valence-electron chi connectivity index (χ2n) is 3.99. The molecule has 0 aliphatic heterocycles. The number of aromatic nitrogens is 4. The van der Waals surface area contributed by atoms with Gasteiger partial charge < -0.3 is 0 Å². The Kier molecular flexibility index (Phi) is 3.14. The van der Waals surface area contributed by atoms with Gasteiger partial charge in [0.05, 0.1) is 17.9 Å². The first kappa shape index (κ1) is 12.7. The zero-order valence-electron chi connectivity index (χ0n) is 10.1. The molecule has 0 radical (unpaired) electrons. The van der Waals surface area contributed by atoms with Crippen LogP contribution in [-0.2, 0) is 19.3 Å². The SMILES string of the molecule is CCn1nc(C)cc1Cn1ccc(C(F)(F)F)n1. The van der Waals surface area contributed by atoms with E-state index in [2.05, 4.69) is 10.2 Å². The fraction of sp³-hybridized carbons (Fsp3) is 0.455. The lowest BCUT2D eigenvalue weighted by Gasteiger charge is -2.05. The first-order valence-corrected chi connectivity index (χ1v) is 5.54. The van der Waals surface area contributed by atoms with E-state index in [1.165, 1.54) is 10.9 Å². The summed E-state index contributed by atoms with van der Waals surface area (Å²) in [4.78, 5) is 0. The molecule has 2 heterocycles. The minimum atomic E-state index is -4.40. The lowest BCUT2D eigenvalue weighted by molar-refractivity contribution is -0.141. The molecule has 0 saturated heterocycles. The minimum Gasteiger partial charge on any atom is -0.268 e. The molecule has 0 unspecified atom stereocenters. The molecule has 0 aromatic carbocycles. The fourth-order valence-electron chi connectivity index (χ4n) is 1.77. The van der Waals surface area contributed by atoms with Crippen LogP contribution >= 0.6 is 0 Å². The number of aryl methyl sites for hydroxylation is 2. The van der Waals surface area contributed by atoms with Crippen molar-refractivity contribution < 1.29 is 13.2 Å². The number of alkyl halides is 3. The van der Waals surface area contributed by atoms with E-state index in [-0.39, 0.29) is 6.54 Å². The average Bonchev–Trinajstić information content (AvgIpc) is 2.85. The van der Waals surface area contributed by atoms with E-state index in [0.29, 0.717) is 6.54 Å². The van der Waals surface area contributed by atoms with Crippen LogP contribution < -0.4 is 0 Å². The van der Waals surface area contributed by atoms with Crippen molar-refractivity contribution in [1.29, 1.82) is 0 Å². The molecule has 2 aromatic heterocycles. The Morgan fingerprint density at radius 1 is 1.28 bits per heavy atom.